The van der Waals surface area contributed by atoms with E-state index in [4.69, 9.17) is 0 Å². The van der Waals surface area contributed by atoms with Gasteiger partial charge in [-0.2, -0.15) is 0 Å². The van der Waals surface area contributed by atoms with Crippen molar-refractivity contribution in [2.24, 2.45) is 11.8 Å². The van der Waals surface area contributed by atoms with Crippen molar-refractivity contribution in [3.8, 4) is 0 Å². The second kappa shape index (κ2) is 6.13. The SMILES string of the molecule is Cc1ccc2c(c1)[C@]13CCN(CC4CC4)[C@H](C2)[C@]1(O)C[C@H](CCO)C(=O)C3. The summed E-state index contributed by atoms with van der Waals surface area (Å²) in [5.41, 5.74) is 2.44. The van der Waals surface area contributed by atoms with Crippen LogP contribution in [0, 0.1) is 18.8 Å². The molecule has 1 heterocycles. The molecule has 1 aromatic carbocycles. The number of hydrogen-bond donors (Lipinski definition) is 2. The van der Waals surface area contributed by atoms with Crippen LogP contribution in [-0.4, -0.2) is 52.2 Å². The zero-order chi connectivity index (χ0) is 18.8. The molecule has 0 amide bonds. The van der Waals surface area contributed by atoms with E-state index in [0.717, 1.165) is 31.8 Å². The van der Waals surface area contributed by atoms with Gasteiger partial charge in [0.2, 0.25) is 0 Å². The Labute approximate surface area is 161 Å². The van der Waals surface area contributed by atoms with E-state index in [9.17, 15) is 15.0 Å². The third-order valence-corrected chi connectivity index (χ3v) is 8.00. The number of ketones is 1. The summed E-state index contributed by atoms with van der Waals surface area (Å²) >= 11 is 0. The molecule has 4 atom stereocenters. The van der Waals surface area contributed by atoms with Gasteiger partial charge in [0.25, 0.3) is 0 Å². The number of aryl methyl sites for hydroxylation is 1. The highest BCUT2D eigenvalue weighted by Crippen LogP contribution is 2.59. The van der Waals surface area contributed by atoms with Gasteiger partial charge in [-0.05, 0) is 69.0 Å². The van der Waals surface area contributed by atoms with Gasteiger partial charge >= 0.3 is 0 Å². The molecule has 0 unspecified atom stereocenters. The lowest BCUT2D eigenvalue weighted by atomic mass is 9.47. The Morgan fingerprint density at radius 3 is 2.85 bits per heavy atom. The van der Waals surface area contributed by atoms with Crippen LogP contribution in [0.25, 0.3) is 0 Å². The second-order valence-corrected chi connectivity index (χ2v) is 9.63. The van der Waals surface area contributed by atoms with Gasteiger partial charge in [-0.25, -0.2) is 0 Å². The fourth-order valence-electron chi connectivity index (χ4n) is 6.38. The maximum atomic E-state index is 13.0. The van der Waals surface area contributed by atoms with Crippen molar-refractivity contribution in [2.45, 2.75) is 68.9 Å². The summed E-state index contributed by atoms with van der Waals surface area (Å²) in [5.74, 6) is 0.819. The number of aliphatic hydroxyl groups excluding tert-OH is 1. The first-order chi connectivity index (χ1) is 13.0. The number of aliphatic hydroxyl groups is 2. The predicted molar refractivity (Wildman–Crippen MR) is 104 cm³/mol. The van der Waals surface area contributed by atoms with Gasteiger partial charge in [0.05, 0.1) is 5.60 Å². The zero-order valence-corrected chi connectivity index (χ0v) is 16.3. The molecule has 3 aliphatic carbocycles. The summed E-state index contributed by atoms with van der Waals surface area (Å²) in [6, 6.07) is 6.72. The van der Waals surface area contributed by atoms with E-state index in [1.807, 2.05) is 0 Å². The number of fused-ring (bicyclic) bond motifs is 1. The van der Waals surface area contributed by atoms with Crippen LogP contribution in [0.3, 0.4) is 0 Å². The molecule has 1 saturated heterocycles. The smallest absolute Gasteiger partial charge is 0.137 e. The van der Waals surface area contributed by atoms with E-state index in [1.54, 1.807) is 0 Å². The topological polar surface area (TPSA) is 60.8 Å². The van der Waals surface area contributed by atoms with Crippen molar-refractivity contribution in [2.75, 3.05) is 19.7 Å². The first kappa shape index (κ1) is 17.8. The molecule has 2 bridgehead atoms. The fourth-order valence-corrected chi connectivity index (χ4v) is 6.38. The van der Waals surface area contributed by atoms with Crippen LogP contribution in [0.1, 0.15) is 55.2 Å². The van der Waals surface area contributed by atoms with Gasteiger partial charge < -0.3 is 10.2 Å². The monoisotopic (exact) mass is 369 g/mol. The van der Waals surface area contributed by atoms with Crippen molar-refractivity contribution in [3.63, 3.8) is 0 Å². The molecule has 1 aliphatic heterocycles. The minimum atomic E-state index is -0.866. The van der Waals surface area contributed by atoms with Crippen molar-refractivity contribution >= 4 is 5.78 Å². The number of carbonyl (C=O) groups is 1. The molecule has 0 spiro atoms. The first-order valence-electron chi connectivity index (χ1n) is 10.7. The molecule has 4 heteroatoms. The summed E-state index contributed by atoms with van der Waals surface area (Å²) in [6.45, 7) is 4.19. The number of likely N-dealkylation sites (tertiary alicyclic amines) is 1. The van der Waals surface area contributed by atoms with Crippen LogP contribution in [0.5, 0.6) is 0 Å². The molecule has 2 saturated carbocycles. The van der Waals surface area contributed by atoms with E-state index in [2.05, 4.69) is 30.0 Å². The zero-order valence-electron chi connectivity index (χ0n) is 16.3. The van der Waals surface area contributed by atoms with Gasteiger partial charge in [0.15, 0.2) is 0 Å². The minimum Gasteiger partial charge on any atom is -0.396 e. The quantitative estimate of drug-likeness (QED) is 0.855. The van der Waals surface area contributed by atoms with Crippen molar-refractivity contribution < 1.29 is 15.0 Å². The Hall–Kier alpha value is -1.23. The first-order valence-corrected chi connectivity index (χ1v) is 10.7. The van der Waals surface area contributed by atoms with Crippen LogP contribution >= 0.6 is 0 Å². The lowest BCUT2D eigenvalue weighted by molar-refractivity contribution is -0.182. The van der Waals surface area contributed by atoms with Crippen LogP contribution in [0.2, 0.25) is 0 Å². The Balaban J connectivity index is 1.62. The summed E-state index contributed by atoms with van der Waals surface area (Å²) in [6.07, 6.45) is 5.78. The molecule has 3 fully saturated rings. The molecule has 2 N–H and O–H groups in total. The Kier molecular flexibility index (Phi) is 4.05. The Morgan fingerprint density at radius 1 is 1.30 bits per heavy atom. The number of nitrogens with zero attached hydrogens (tertiary/aromatic N) is 1. The van der Waals surface area contributed by atoms with E-state index < -0.39 is 11.0 Å². The van der Waals surface area contributed by atoms with Crippen molar-refractivity contribution in [1.82, 2.24) is 4.90 Å². The van der Waals surface area contributed by atoms with Crippen molar-refractivity contribution in [1.29, 1.82) is 0 Å². The van der Waals surface area contributed by atoms with Gasteiger partial charge in [-0.3, -0.25) is 9.69 Å². The summed E-state index contributed by atoms with van der Waals surface area (Å²) < 4.78 is 0. The number of benzene rings is 1. The Morgan fingerprint density at radius 2 is 2.11 bits per heavy atom. The highest BCUT2D eigenvalue weighted by Gasteiger charge is 2.66. The lowest BCUT2D eigenvalue weighted by Crippen LogP contribution is -2.74. The number of carbonyl (C=O) groups excluding carboxylic acids is 1. The van der Waals surface area contributed by atoms with Crippen LogP contribution in [-0.2, 0) is 16.6 Å². The summed E-state index contributed by atoms with van der Waals surface area (Å²) in [7, 11) is 0. The molecule has 4 aliphatic rings. The molecule has 4 nitrogen and oxygen atoms in total. The second-order valence-electron chi connectivity index (χ2n) is 9.63. The number of hydrogen-bond acceptors (Lipinski definition) is 4. The van der Waals surface area contributed by atoms with Gasteiger partial charge in [0, 0.05) is 36.9 Å². The van der Waals surface area contributed by atoms with Crippen molar-refractivity contribution in [3.05, 3.63) is 34.9 Å². The Bertz CT molecular complexity index is 773. The van der Waals surface area contributed by atoms with Crippen LogP contribution in [0.4, 0.5) is 0 Å². The van der Waals surface area contributed by atoms with Gasteiger partial charge in [0.1, 0.15) is 5.78 Å². The molecule has 0 aromatic heterocycles. The fraction of sp³-hybridized carbons (Fsp3) is 0.696. The summed E-state index contributed by atoms with van der Waals surface area (Å²) in [5, 5.41) is 21.7. The van der Waals surface area contributed by atoms with Gasteiger partial charge in [-0.1, -0.05) is 23.8 Å². The van der Waals surface area contributed by atoms with E-state index in [-0.39, 0.29) is 24.3 Å². The molecular formula is C23H31NO3. The molecule has 27 heavy (non-hydrogen) atoms. The average Bonchev–Trinajstić information content (AvgIpc) is 3.44. The third kappa shape index (κ3) is 2.56. The number of rotatable bonds is 4. The molecule has 5 rings (SSSR count). The maximum absolute atomic E-state index is 13.0. The number of piperidine rings is 1. The summed E-state index contributed by atoms with van der Waals surface area (Å²) in [4.78, 5) is 15.5. The lowest BCUT2D eigenvalue weighted by Gasteiger charge is -2.64. The van der Waals surface area contributed by atoms with Crippen LogP contribution < -0.4 is 0 Å². The number of Topliss-reactive ketones (excluding diaryl/α,β-unsaturated/α-hetero) is 1. The largest absolute Gasteiger partial charge is 0.396 e. The molecular weight excluding hydrogens is 338 g/mol. The normalized spacial score (nSPS) is 38.4. The average molecular weight is 370 g/mol. The maximum Gasteiger partial charge on any atom is 0.137 e. The van der Waals surface area contributed by atoms with Crippen LogP contribution in [0.15, 0.2) is 18.2 Å². The standard InChI is InChI=1S/C23H31NO3/c1-15-2-5-17-11-21-23(27)12-18(6-9-25)20(26)13-22(23,19(17)10-15)7-8-24(21)14-16-3-4-16/h2,5,10,16,18,21,25,27H,3-4,6-9,11-14H2,1H3/t18-,21+,22+,23+/m0/s1. The molecule has 0 radical (unpaired) electrons. The predicted octanol–water partition coefficient (Wildman–Crippen LogP) is 2.37. The van der Waals surface area contributed by atoms with Gasteiger partial charge in [-0.15, -0.1) is 0 Å². The van der Waals surface area contributed by atoms with E-state index in [1.165, 1.54) is 29.5 Å². The van der Waals surface area contributed by atoms with E-state index >= 15 is 0 Å². The minimum absolute atomic E-state index is 0.0195. The third-order valence-electron chi connectivity index (χ3n) is 8.00. The highest BCUT2D eigenvalue weighted by molar-refractivity contribution is 5.85. The highest BCUT2D eigenvalue weighted by atomic mass is 16.3. The van der Waals surface area contributed by atoms with E-state index in [0.29, 0.717) is 19.3 Å². The molecule has 146 valence electrons. The molecule has 1 aromatic rings.